The molecule has 1 heterocycles. The molecule has 4 nitrogen and oxygen atoms in total. The molecule has 5 heteroatoms. The van der Waals surface area contributed by atoms with Gasteiger partial charge >= 0.3 is 0 Å². The molecule has 1 amide bonds. The maximum absolute atomic E-state index is 11.0. The van der Waals surface area contributed by atoms with Crippen molar-refractivity contribution >= 4 is 18.3 Å². The first-order valence-corrected chi connectivity index (χ1v) is 4.23. The summed E-state index contributed by atoms with van der Waals surface area (Å²) >= 11 is 0. The largest absolute Gasteiger partial charge is 0.303 e. The number of hydroxylamine groups is 1. The van der Waals surface area contributed by atoms with E-state index in [1.54, 1.807) is 5.48 Å². The third kappa shape index (κ3) is 3.50. The first-order chi connectivity index (χ1) is 5.77. The van der Waals surface area contributed by atoms with Crippen LogP contribution in [0.2, 0.25) is 0 Å². The smallest absolute Gasteiger partial charge is 0.247 e. The number of hydrogen-bond acceptors (Lipinski definition) is 3. The van der Waals surface area contributed by atoms with Crippen molar-refractivity contribution in [1.82, 2.24) is 10.4 Å². The van der Waals surface area contributed by atoms with Crippen molar-refractivity contribution in [1.29, 1.82) is 0 Å². The predicted molar refractivity (Wildman–Crippen MR) is 51.7 cm³/mol. The molecule has 77 valence electrons. The zero-order chi connectivity index (χ0) is 8.97. The van der Waals surface area contributed by atoms with Crippen molar-refractivity contribution in [2.45, 2.75) is 12.8 Å². The lowest BCUT2D eigenvalue weighted by atomic mass is 9.97. The third-order valence-electron chi connectivity index (χ3n) is 2.30. The summed E-state index contributed by atoms with van der Waals surface area (Å²) in [6, 6.07) is 0. The fourth-order valence-electron chi connectivity index (χ4n) is 1.56. The van der Waals surface area contributed by atoms with Crippen molar-refractivity contribution in [3.63, 3.8) is 0 Å². The van der Waals surface area contributed by atoms with Gasteiger partial charge in [0.05, 0.1) is 5.92 Å². The summed E-state index contributed by atoms with van der Waals surface area (Å²) in [5.74, 6) is -0.335. The van der Waals surface area contributed by atoms with E-state index in [1.807, 2.05) is 0 Å². The maximum Gasteiger partial charge on any atom is 0.247 e. The molecule has 0 saturated carbocycles. The van der Waals surface area contributed by atoms with E-state index in [2.05, 4.69) is 11.8 Å². The van der Waals surface area contributed by atoms with Crippen LogP contribution in [-0.4, -0.2) is 35.6 Å². The molecule has 1 saturated heterocycles. The van der Waals surface area contributed by atoms with Crippen molar-refractivity contribution in [3.8, 4) is 0 Å². The Morgan fingerprint density at radius 3 is 2.92 bits per heavy atom. The van der Waals surface area contributed by atoms with E-state index in [-0.39, 0.29) is 24.2 Å². The zero-order valence-electron chi connectivity index (χ0n) is 7.53. The first-order valence-electron chi connectivity index (χ1n) is 4.23. The maximum atomic E-state index is 11.0. The van der Waals surface area contributed by atoms with Crippen LogP contribution >= 0.6 is 12.4 Å². The summed E-state index contributed by atoms with van der Waals surface area (Å²) in [5.41, 5.74) is 1.69. The van der Waals surface area contributed by atoms with Crippen LogP contribution in [0.5, 0.6) is 0 Å². The molecular formula is C8H16ClN2O2. The number of halogens is 1. The number of nitrogens with zero attached hydrogens (tertiary/aromatic N) is 1. The number of nitrogens with one attached hydrogen (secondary N) is 1. The predicted octanol–water partition coefficient (Wildman–Crippen LogP) is 0.460. The van der Waals surface area contributed by atoms with Gasteiger partial charge in [0.1, 0.15) is 0 Å². The molecule has 1 aliphatic rings. The van der Waals surface area contributed by atoms with Gasteiger partial charge < -0.3 is 4.90 Å². The summed E-state index contributed by atoms with van der Waals surface area (Å²) < 4.78 is 0. The van der Waals surface area contributed by atoms with Crippen molar-refractivity contribution in [3.05, 3.63) is 6.92 Å². The van der Waals surface area contributed by atoms with Crippen LogP contribution in [0.25, 0.3) is 0 Å². The van der Waals surface area contributed by atoms with Gasteiger partial charge in [-0.15, -0.1) is 12.4 Å². The highest BCUT2D eigenvalue weighted by Crippen LogP contribution is 2.15. The van der Waals surface area contributed by atoms with Gasteiger partial charge in [0.2, 0.25) is 5.91 Å². The quantitative estimate of drug-likeness (QED) is 0.511. The molecule has 1 unspecified atom stereocenters. The Kier molecular flexibility index (Phi) is 6.03. The first kappa shape index (κ1) is 12.7. The summed E-state index contributed by atoms with van der Waals surface area (Å²) in [5, 5.41) is 8.41. The molecule has 13 heavy (non-hydrogen) atoms. The summed E-state index contributed by atoms with van der Waals surface area (Å²) in [6.07, 6.45) is 1.87. The molecule has 1 aliphatic heterocycles. The number of piperidine rings is 1. The minimum absolute atomic E-state index is 0. The van der Waals surface area contributed by atoms with E-state index in [4.69, 9.17) is 5.21 Å². The van der Waals surface area contributed by atoms with Gasteiger partial charge in [0.25, 0.3) is 0 Å². The highest BCUT2D eigenvalue weighted by Gasteiger charge is 2.24. The molecule has 1 radical (unpaired) electrons. The van der Waals surface area contributed by atoms with Gasteiger partial charge in [0.15, 0.2) is 0 Å². The van der Waals surface area contributed by atoms with Crippen LogP contribution in [0, 0.1) is 12.8 Å². The van der Waals surface area contributed by atoms with E-state index in [0.717, 1.165) is 32.5 Å². The van der Waals surface area contributed by atoms with E-state index >= 15 is 0 Å². The van der Waals surface area contributed by atoms with Crippen molar-refractivity contribution in [2.75, 3.05) is 19.6 Å². The second-order valence-electron chi connectivity index (χ2n) is 3.12. The zero-order valence-corrected chi connectivity index (χ0v) is 8.35. The number of rotatable bonds is 2. The Morgan fingerprint density at radius 2 is 2.38 bits per heavy atom. The van der Waals surface area contributed by atoms with E-state index in [1.165, 1.54) is 0 Å². The Hall–Kier alpha value is -0.320. The number of carbonyl (C=O) groups excluding carboxylic acids is 1. The van der Waals surface area contributed by atoms with Gasteiger partial charge in [-0.2, -0.15) is 0 Å². The number of amides is 1. The SMILES string of the molecule is Cl.[CH2]CN1CCCC(C(=O)NO)C1. The Balaban J connectivity index is 0.00000144. The van der Waals surface area contributed by atoms with Crippen LogP contribution in [0.15, 0.2) is 0 Å². The standard InChI is InChI=1S/C8H15N2O2.ClH/c1-2-10-5-3-4-7(6-10)8(11)9-12;/h7,12H,1-6H2,(H,9,11);1H. The number of likely N-dealkylation sites (tertiary alicyclic amines) is 1. The lowest BCUT2D eigenvalue weighted by Crippen LogP contribution is -2.42. The average Bonchev–Trinajstić information content (AvgIpc) is 2.17. The molecule has 0 aromatic rings. The highest BCUT2D eigenvalue weighted by molar-refractivity contribution is 5.85. The Morgan fingerprint density at radius 1 is 1.69 bits per heavy atom. The molecule has 0 bridgehead atoms. The summed E-state index contributed by atoms with van der Waals surface area (Å²) in [6.45, 7) is 6.22. The second-order valence-corrected chi connectivity index (χ2v) is 3.12. The minimum Gasteiger partial charge on any atom is -0.303 e. The monoisotopic (exact) mass is 207 g/mol. The lowest BCUT2D eigenvalue weighted by molar-refractivity contribution is -0.135. The van der Waals surface area contributed by atoms with Gasteiger partial charge in [-0.25, -0.2) is 5.48 Å². The molecule has 0 spiro atoms. The molecule has 0 aromatic carbocycles. The van der Waals surface area contributed by atoms with Crippen LogP contribution < -0.4 is 5.48 Å². The van der Waals surface area contributed by atoms with Crippen LogP contribution in [0.1, 0.15) is 12.8 Å². The van der Waals surface area contributed by atoms with Gasteiger partial charge in [-0.05, 0) is 32.9 Å². The molecule has 1 atom stereocenters. The van der Waals surface area contributed by atoms with Crippen LogP contribution in [-0.2, 0) is 4.79 Å². The van der Waals surface area contributed by atoms with Crippen molar-refractivity contribution < 1.29 is 10.0 Å². The molecule has 2 N–H and O–H groups in total. The van der Waals surface area contributed by atoms with Crippen LogP contribution in [0.3, 0.4) is 0 Å². The highest BCUT2D eigenvalue weighted by atomic mass is 35.5. The third-order valence-corrected chi connectivity index (χ3v) is 2.30. The normalized spacial score (nSPS) is 23.4. The fourth-order valence-corrected chi connectivity index (χ4v) is 1.56. The minimum atomic E-state index is -0.270. The van der Waals surface area contributed by atoms with Gasteiger partial charge in [0, 0.05) is 6.54 Å². The number of carbonyl (C=O) groups is 1. The molecule has 1 rings (SSSR count). The summed E-state index contributed by atoms with van der Waals surface area (Å²) in [4.78, 5) is 13.1. The lowest BCUT2D eigenvalue weighted by Gasteiger charge is -2.30. The average molecular weight is 208 g/mol. The molecule has 0 aliphatic carbocycles. The van der Waals surface area contributed by atoms with E-state index in [0.29, 0.717) is 0 Å². The number of hydrogen-bond donors (Lipinski definition) is 2. The molecular weight excluding hydrogens is 192 g/mol. The Bertz CT molecular complexity index is 166. The van der Waals surface area contributed by atoms with Gasteiger partial charge in [-0.1, -0.05) is 0 Å². The molecule has 0 aromatic heterocycles. The van der Waals surface area contributed by atoms with E-state index < -0.39 is 0 Å². The fraction of sp³-hybridized carbons (Fsp3) is 0.750. The van der Waals surface area contributed by atoms with E-state index in [9.17, 15) is 4.79 Å². The topological polar surface area (TPSA) is 52.6 Å². The van der Waals surface area contributed by atoms with Crippen molar-refractivity contribution in [2.24, 2.45) is 5.92 Å². The summed E-state index contributed by atoms with van der Waals surface area (Å²) in [7, 11) is 0. The van der Waals surface area contributed by atoms with Crippen LogP contribution in [0.4, 0.5) is 0 Å². The Labute approximate surface area is 84.7 Å². The molecule has 1 fully saturated rings. The second kappa shape index (κ2) is 6.18. The van der Waals surface area contributed by atoms with Gasteiger partial charge in [-0.3, -0.25) is 10.0 Å².